The summed E-state index contributed by atoms with van der Waals surface area (Å²) in [5.41, 5.74) is 0. The van der Waals surface area contributed by atoms with Gasteiger partial charge in [-0.1, -0.05) is 8.96 Å². The zero-order valence-electron chi connectivity index (χ0n) is 2.47. The Bertz CT molecular complexity index is 62.6. The fourth-order valence-electron chi connectivity index (χ4n) is 0. The molecule has 1 atom stereocenters. The van der Waals surface area contributed by atoms with Gasteiger partial charge in [0.2, 0.25) is 0 Å². The smallest absolute Gasteiger partial charge is 0.290 e. The molecule has 0 spiro atoms. The molecule has 6 heteroatoms. The Hall–Kier alpha value is -0.0700. The zero-order chi connectivity index (χ0) is 5.15. The molecule has 0 radical (unpaired) electrons. The highest BCUT2D eigenvalue weighted by Crippen LogP contribution is 1.89. The van der Waals surface area contributed by atoms with E-state index in [0.717, 1.165) is 0 Å². The van der Waals surface area contributed by atoms with Gasteiger partial charge in [-0.25, -0.2) is 4.21 Å². The standard InChI is InChI=1S/F2HNO2S/c1-3(2)6(4)5/h(H,4,5). The molecule has 3 nitrogen and oxygen atoms in total. The van der Waals surface area contributed by atoms with Crippen molar-refractivity contribution in [2.45, 2.75) is 0 Å². The molecule has 0 amide bonds. The fraction of sp³-hybridized carbons (Fsp3) is 0. The molecule has 0 aliphatic carbocycles. The number of hydrogen-bond acceptors (Lipinski definition) is 1. The maximum atomic E-state index is 10.4. The lowest BCUT2D eigenvalue weighted by molar-refractivity contribution is -0.0550. The highest BCUT2D eigenvalue weighted by molar-refractivity contribution is 7.76. The first-order valence-corrected chi connectivity index (χ1v) is 1.93. The van der Waals surface area contributed by atoms with Gasteiger partial charge in [0.1, 0.15) is 4.75 Å². The second kappa shape index (κ2) is 2.17. The van der Waals surface area contributed by atoms with Gasteiger partial charge in [0.05, 0.1) is 0 Å². The van der Waals surface area contributed by atoms with E-state index >= 15 is 0 Å². The average Bonchev–Trinajstić information content (AvgIpc) is 1.36. The van der Waals surface area contributed by atoms with Crippen molar-refractivity contribution in [1.29, 1.82) is 0 Å². The third kappa shape index (κ3) is 2.18. The van der Waals surface area contributed by atoms with E-state index in [1.807, 2.05) is 0 Å². The molecule has 0 aliphatic heterocycles. The molecule has 38 valence electrons. The number of halogens is 2. The molecule has 1 N–H and O–H groups in total. The molecule has 0 fully saturated rings. The van der Waals surface area contributed by atoms with Crippen LogP contribution in [0.1, 0.15) is 0 Å². The van der Waals surface area contributed by atoms with Crippen LogP contribution >= 0.6 is 0 Å². The molecule has 0 heterocycles. The quantitative estimate of drug-likeness (QED) is 0.393. The van der Waals surface area contributed by atoms with Crippen molar-refractivity contribution in [3.05, 3.63) is 0 Å². The Morgan fingerprint density at radius 2 is 1.83 bits per heavy atom. The van der Waals surface area contributed by atoms with Crippen LogP contribution in [0.15, 0.2) is 0 Å². The Labute approximate surface area is 34.8 Å². The predicted octanol–water partition coefficient (Wildman–Crippen LogP) is 0.194. The van der Waals surface area contributed by atoms with E-state index < -0.39 is 16.0 Å². The van der Waals surface area contributed by atoms with Gasteiger partial charge >= 0.3 is 0 Å². The SMILES string of the molecule is O=S(O)N(F)F. The van der Waals surface area contributed by atoms with Crippen molar-refractivity contribution >= 4 is 11.3 Å². The van der Waals surface area contributed by atoms with E-state index in [1.54, 1.807) is 0 Å². The highest BCUT2D eigenvalue weighted by atomic mass is 32.2. The van der Waals surface area contributed by atoms with E-state index in [2.05, 4.69) is 0 Å². The van der Waals surface area contributed by atoms with Crippen LogP contribution in [-0.4, -0.2) is 13.5 Å². The molecule has 0 saturated carbocycles. The Morgan fingerprint density at radius 1 is 1.67 bits per heavy atom. The first-order chi connectivity index (χ1) is 2.64. The molecule has 0 rings (SSSR count). The van der Waals surface area contributed by atoms with Crippen molar-refractivity contribution in [3.63, 3.8) is 0 Å². The van der Waals surface area contributed by atoms with E-state index in [1.165, 1.54) is 0 Å². The summed E-state index contributed by atoms with van der Waals surface area (Å²) in [5, 5.41) is 0. The molecule has 0 aliphatic rings. The first-order valence-electron chi connectivity index (χ1n) is 0.870. The van der Waals surface area contributed by atoms with Crippen LogP contribution in [0.25, 0.3) is 0 Å². The van der Waals surface area contributed by atoms with E-state index in [4.69, 9.17) is 8.76 Å². The van der Waals surface area contributed by atoms with Crippen molar-refractivity contribution in [2.75, 3.05) is 0 Å². The number of hydrogen-bond donors (Lipinski definition) is 1. The van der Waals surface area contributed by atoms with Crippen LogP contribution in [0.3, 0.4) is 0 Å². The maximum absolute atomic E-state index is 10.4. The molecule has 6 heavy (non-hydrogen) atoms. The second-order valence-corrected chi connectivity index (χ2v) is 1.17. The van der Waals surface area contributed by atoms with Crippen molar-refractivity contribution < 1.29 is 17.7 Å². The maximum Gasteiger partial charge on any atom is 0.294 e. The third-order valence-electron chi connectivity index (χ3n) is 0.118. The lowest BCUT2D eigenvalue weighted by Gasteiger charge is -1.84. The molecule has 0 aromatic rings. The minimum atomic E-state index is -3.12. The summed E-state index contributed by atoms with van der Waals surface area (Å²) in [6.45, 7) is 0. The lowest BCUT2D eigenvalue weighted by atomic mass is 13.6. The lowest BCUT2D eigenvalue weighted by Crippen LogP contribution is -2.02. The van der Waals surface area contributed by atoms with E-state index in [0.29, 0.717) is 0 Å². The summed E-state index contributed by atoms with van der Waals surface area (Å²) in [5.74, 6) is 0. The van der Waals surface area contributed by atoms with Gasteiger partial charge in [0.25, 0.3) is 11.3 Å². The molecule has 1 unspecified atom stereocenters. The number of rotatable bonds is 1. The Kier molecular flexibility index (Phi) is 2.14. The van der Waals surface area contributed by atoms with Gasteiger partial charge in [0, 0.05) is 0 Å². The van der Waals surface area contributed by atoms with Gasteiger partial charge in [-0.05, 0) is 0 Å². The molecule has 0 saturated heterocycles. The Morgan fingerprint density at radius 3 is 1.83 bits per heavy atom. The summed E-state index contributed by atoms with van der Waals surface area (Å²) in [7, 11) is 0. The van der Waals surface area contributed by atoms with Crippen LogP contribution in [0.4, 0.5) is 8.96 Å². The predicted molar refractivity (Wildman–Crippen MR) is 14.8 cm³/mol. The highest BCUT2D eigenvalue weighted by Gasteiger charge is 2.02. The van der Waals surface area contributed by atoms with Crippen LogP contribution in [-0.2, 0) is 11.3 Å². The van der Waals surface area contributed by atoms with E-state index in [9.17, 15) is 8.96 Å². The molecular weight excluding hydrogens is 116 g/mol. The van der Waals surface area contributed by atoms with Gasteiger partial charge in [0.15, 0.2) is 0 Å². The van der Waals surface area contributed by atoms with Crippen LogP contribution < -0.4 is 0 Å². The summed E-state index contributed by atoms with van der Waals surface area (Å²) in [6.07, 6.45) is 0. The largest absolute Gasteiger partial charge is 0.294 e. The number of nitrogens with zero attached hydrogens (tertiary/aromatic N) is 1. The van der Waals surface area contributed by atoms with E-state index in [-0.39, 0.29) is 0 Å². The molecule has 0 bridgehead atoms. The van der Waals surface area contributed by atoms with Crippen molar-refractivity contribution in [1.82, 2.24) is 4.75 Å². The van der Waals surface area contributed by atoms with Crippen LogP contribution in [0, 0.1) is 0 Å². The monoisotopic (exact) mass is 117 g/mol. The van der Waals surface area contributed by atoms with Crippen LogP contribution in [0.2, 0.25) is 0 Å². The van der Waals surface area contributed by atoms with Crippen molar-refractivity contribution in [2.24, 2.45) is 0 Å². The third-order valence-corrected chi connectivity index (χ3v) is 0.354. The molecular formula is HF2NO2S. The average molecular weight is 117 g/mol. The molecule has 0 aromatic carbocycles. The normalized spacial score (nSPS) is 15.3. The van der Waals surface area contributed by atoms with Crippen molar-refractivity contribution in [3.8, 4) is 0 Å². The van der Waals surface area contributed by atoms with Gasteiger partial charge in [-0.15, -0.1) is 0 Å². The van der Waals surface area contributed by atoms with Crippen LogP contribution in [0.5, 0.6) is 0 Å². The minimum Gasteiger partial charge on any atom is -0.290 e. The fourth-order valence-corrected chi connectivity index (χ4v) is 0. The van der Waals surface area contributed by atoms with Gasteiger partial charge < -0.3 is 0 Å². The minimum absolute atomic E-state index is 1.81. The zero-order valence-corrected chi connectivity index (χ0v) is 3.28. The summed E-state index contributed by atoms with van der Waals surface area (Å²) >= 11 is -3.12. The summed E-state index contributed by atoms with van der Waals surface area (Å²) in [6, 6.07) is 0. The molecule has 0 aromatic heterocycles. The first kappa shape index (κ1) is 5.93. The topological polar surface area (TPSA) is 40.5 Å². The summed E-state index contributed by atoms with van der Waals surface area (Å²) in [4.78, 5) is 0. The van der Waals surface area contributed by atoms with Gasteiger partial charge in [-0.3, -0.25) is 4.55 Å². The summed E-state index contributed by atoms with van der Waals surface area (Å²) < 4.78 is 35.3. The Balaban J connectivity index is 3.26. The second-order valence-electron chi connectivity index (χ2n) is 0.433. The van der Waals surface area contributed by atoms with Gasteiger partial charge in [-0.2, -0.15) is 0 Å².